The molecule has 0 radical (unpaired) electrons. The van der Waals surface area contributed by atoms with E-state index in [1.54, 1.807) is 6.26 Å². The third-order valence-corrected chi connectivity index (χ3v) is 4.25. The van der Waals surface area contributed by atoms with Crippen molar-refractivity contribution in [2.45, 2.75) is 38.3 Å². The minimum absolute atomic E-state index is 0.500. The quantitative estimate of drug-likeness (QED) is 0.825. The van der Waals surface area contributed by atoms with Gasteiger partial charge in [0.2, 0.25) is 0 Å². The second-order valence-electron chi connectivity index (χ2n) is 6.07. The molecule has 0 spiro atoms. The zero-order chi connectivity index (χ0) is 14.4. The molecule has 20 heavy (non-hydrogen) atoms. The van der Waals surface area contributed by atoms with Crippen LogP contribution in [0.4, 0.5) is 0 Å². The highest BCUT2D eigenvalue weighted by Gasteiger charge is 2.25. The van der Waals surface area contributed by atoms with E-state index >= 15 is 0 Å². The molecule has 0 amide bonds. The van der Waals surface area contributed by atoms with Gasteiger partial charge in [0.25, 0.3) is 0 Å². The molecule has 2 heterocycles. The summed E-state index contributed by atoms with van der Waals surface area (Å²) in [5, 5.41) is 3.69. The van der Waals surface area contributed by atoms with Crippen LogP contribution < -0.4 is 5.32 Å². The molecule has 4 heteroatoms. The molecule has 1 saturated heterocycles. The summed E-state index contributed by atoms with van der Waals surface area (Å²) in [6.45, 7) is 6.81. The molecule has 1 aromatic heterocycles. The zero-order valence-electron chi connectivity index (χ0n) is 13.1. The van der Waals surface area contributed by atoms with Gasteiger partial charge < -0.3 is 19.5 Å². The summed E-state index contributed by atoms with van der Waals surface area (Å²) >= 11 is 0. The number of hydrogen-bond donors (Lipinski definition) is 1. The topological polar surface area (TPSA) is 31.7 Å². The summed E-state index contributed by atoms with van der Waals surface area (Å²) in [7, 11) is 4.47. The lowest BCUT2D eigenvalue weighted by Crippen LogP contribution is -2.52. The smallest absolute Gasteiger partial charge is 0.105 e. The van der Waals surface area contributed by atoms with Gasteiger partial charge in [-0.3, -0.25) is 0 Å². The Morgan fingerprint density at radius 2 is 2.25 bits per heavy atom. The van der Waals surface area contributed by atoms with Crippen molar-refractivity contribution in [1.29, 1.82) is 0 Å². The fourth-order valence-corrected chi connectivity index (χ4v) is 2.94. The Balaban J connectivity index is 1.91. The monoisotopic (exact) mass is 279 g/mol. The van der Waals surface area contributed by atoms with E-state index in [0.29, 0.717) is 12.1 Å². The molecule has 2 rings (SSSR count). The fraction of sp³-hybridized carbons (Fsp3) is 0.750. The second kappa shape index (κ2) is 7.81. The second-order valence-corrected chi connectivity index (χ2v) is 6.07. The molecule has 4 nitrogen and oxygen atoms in total. The molecule has 114 valence electrons. The molecule has 0 aromatic carbocycles. The number of likely N-dealkylation sites (N-methyl/N-ethyl adjacent to an activating group) is 2. The predicted molar refractivity (Wildman–Crippen MR) is 83.0 cm³/mol. The van der Waals surface area contributed by atoms with Crippen molar-refractivity contribution >= 4 is 0 Å². The lowest BCUT2D eigenvalue weighted by Gasteiger charge is -2.39. The van der Waals surface area contributed by atoms with Crippen molar-refractivity contribution in [2.24, 2.45) is 0 Å². The third-order valence-electron chi connectivity index (χ3n) is 4.25. The van der Waals surface area contributed by atoms with Gasteiger partial charge in [-0.1, -0.05) is 6.92 Å². The van der Waals surface area contributed by atoms with Gasteiger partial charge in [-0.2, -0.15) is 0 Å². The van der Waals surface area contributed by atoms with E-state index in [-0.39, 0.29) is 0 Å². The van der Waals surface area contributed by atoms with Crippen molar-refractivity contribution in [1.82, 2.24) is 15.1 Å². The average Bonchev–Trinajstić information content (AvgIpc) is 2.93. The van der Waals surface area contributed by atoms with Crippen LogP contribution in [-0.2, 0) is 6.42 Å². The molecule has 1 N–H and O–H groups in total. The minimum Gasteiger partial charge on any atom is -0.469 e. The normalized spacial score (nSPS) is 23.1. The largest absolute Gasteiger partial charge is 0.469 e. The Morgan fingerprint density at radius 3 is 2.95 bits per heavy atom. The van der Waals surface area contributed by atoms with E-state index in [2.05, 4.69) is 42.2 Å². The Bertz CT molecular complexity index is 366. The first kappa shape index (κ1) is 15.5. The van der Waals surface area contributed by atoms with E-state index in [1.165, 1.54) is 32.5 Å². The van der Waals surface area contributed by atoms with Crippen molar-refractivity contribution in [3.63, 3.8) is 0 Å². The highest BCUT2D eigenvalue weighted by molar-refractivity contribution is 5.01. The van der Waals surface area contributed by atoms with Crippen molar-refractivity contribution < 1.29 is 4.42 Å². The maximum atomic E-state index is 5.52. The summed E-state index contributed by atoms with van der Waals surface area (Å²) in [5.41, 5.74) is 0. The van der Waals surface area contributed by atoms with Gasteiger partial charge in [-0.05, 0) is 45.6 Å². The fourth-order valence-electron chi connectivity index (χ4n) is 2.94. The van der Waals surface area contributed by atoms with Gasteiger partial charge in [-0.25, -0.2) is 0 Å². The Hall–Kier alpha value is -0.840. The van der Waals surface area contributed by atoms with Crippen molar-refractivity contribution in [3.8, 4) is 0 Å². The van der Waals surface area contributed by atoms with Crippen LogP contribution in [0.5, 0.6) is 0 Å². The lowest BCUT2D eigenvalue weighted by molar-refractivity contribution is 0.100. The summed E-state index contributed by atoms with van der Waals surface area (Å²) < 4.78 is 5.52. The SMILES string of the molecule is CCCNC(Cc1ccco1)CC1CN(C)CCN1C. The molecule has 1 aliphatic rings. The van der Waals surface area contributed by atoms with Crippen LogP contribution in [0.3, 0.4) is 0 Å². The van der Waals surface area contributed by atoms with Crippen LogP contribution in [0, 0.1) is 0 Å². The standard InChI is InChI=1S/C16H29N3O/c1-4-7-17-14(12-16-6-5-10-20-16)11-15-13-18(2)8-9-19(15)3/h5-6,10,14-15,17H,4,7-9,11-13H2,1-3H3. The third kappa shape index (κ3) is 4.62. The first-order chi connectivity index (χ1) is 9.69. The molecule has 0 aliphatic carbocycles. The molecule has 1 fully saturated rings. The van der Waals surface area contributed by atoms with E-state index in [1.807, 2.05) is 6.07 Å². The van der Waals surface area contributed by atoms with E-state index in [0.717, 1.165) is 18.7 Å². The van der Waals surface area contributed by atoms with Crippen LogP contribution in [-0.4, -0.2) is 62.2 Å². The van der Waals surface area contributed by atoms with Crippen LogP contribution in [0.15, 0.2) is 22.8 Å². The predicted octanol–water partition coefficient (Wildman–Crippen LogP) is 1.83. The van der Waals surface area contributed by atoms with Crippen LogP contribution in [0.2, 0.25) is 0 Å². The number of rotatable bonds is 7. The summed E-state index contributed by atoms with van der Waals surface area (Å²) in [6, 6.07) is 5.20. The maximum Gasteiger partial charge on any atom is 0.105 e. The summed E-state index contributed by atoms with van der Waals surface area (Å²) in [4.78, 5) is 4.94. The number of hydrogen-bond acceptors (Lipinski definition) is 4. The number of piperazine rings is 1. The maximum absolute atomic E-state index is 5.52. The Labute approximate surface area is 123 Å². The molecular weight excluding hydrogens is 250 g/mol. The summed E-state index contributed by atoms with van der Waals surface area (Å²) in [5.74, 6) is 1.09. The first-order valence-electron chi connectivity index (χ1n) is 7.83. The number of nitrogens with one attached hydrogen (secondary N) is 1. The Kier molecular flexibility index (Phi) is 6.07. The van der Waals surface area contributed by atoms with Crippen LogP contribution in [0.25, 0.3) is 0 Å². The van der Waals surface area contributed by atoms with Gasteiger partial charge in [-0.15, -0.1) is 0 Å². The molecule has 0 saturated carbocycles. The number of furan rings is 1. The van der Waals surface area contributed by atoms with Crippen molar-refractivity contribution in [2.75, 3.05) is 40.3 Å². The lowest BCUT2D eigenvalue weighted by atomic mass is 10.00. The molecule has 2 atom stereocenters. The molecular formula is C16H29N3O. The van der Waals surface area contributed by atoms with E-state index in [4.69, 9.17) is 4.42 Å². The van der Waals surface area contributed by atoms with Crippen LogP contribution in [0.1, 0.15) is 25.5 Å². The van der Waals surface area contributed by atoms with E-state index in [9.17, 15) is 0 Å². The minimum atomic E-state index is 0.500. The van der Waals surface area contributed by atoms with Crippen molar-refractivity contribution in [3.05, 3.63) is 24.2 Å². The summed E-state index contributed by atoms with van der Waals surface area (Å²) in [6.07, 6.45) is 5.12. The highest BCUT2D eigenvalue weighted by Crippen LogP contribution is 2.15. The zero-order valence-corrected chi connectivity index (χ0v) is 13.1. The van der Waals surface area contributed by atoms with Gasteiger partial charge >= 0.3 is 0 Å². The highest BCUT2D eigenvalue weighted by atomic mass is 16.3. The number of nitrogens with zero attached hydrogens (tertiary/aromatic N) is 2. The molecule has 1 aliphatic heterocycles. The molecule has 1 aromatic rings. The molecule has 0 bridgehead atoms. The molecule has 2 unspecified atom stereocenters. The van der Waals surface area contributed by atoms with Gasteiger partial charge in [0, 0.05) is 38.1 Å². The van der Waals surface area contributed by atoms with Crippen LogP contribution >= 0.6 is 0 Å². The first-order valence-corrected chi connectivity index (χ1v) is 7.83. The Morgan fingerprint density at radius 1 is 1.40 bits per heavy atom. The van der Waals surface area contributed by atoms with E-state index < -0.39 is 0 Å². The van der Waals surface area contributed by atoms with Gasteiger partial charge in [0.15, 0.2) is 0 Å². The van der Waals surface area contributed by atoms with Gasteiger partial charge in [0.1, 0.15) is 5.76 Å². The van der Waals surface area contributed by atoms with Gasteiger partial charge in [0.05, 0.1) is 6.26 Å². The average molecular weight is 279 g/mol.